The minimum absolute atomic E-state index is 0.201. The molecule has 5 nitrogen and oxygen atoms in total. The molecule has 6 heteroatoms. The lowest BCUT2D eigenvalue weighted by Crippen LogP contribution is -2.49. The maximum atomic E-state index is 11.9. The number of nitrogens with zero attached hydrogens (tertiary/aromatic N) is 2. The minimum Gasteiger partial charge on any atom is -0.330 e. The fraction of sp³-hybridized carbons (Fsp3) is 1.00. The second kappa shape index (κ2) is 5.65. The monoisotopic (exact) mass is 261 g/mol. The van der Waals surface area contributed by atoms with Gasteiger partial charge in [-0.05, 0) is 31.7 Å². The molecule has 0 aromatic rings. The van der Waals surface area contributed by atoms with E-state index in [4.69, 9.17) is 5.73 Å². The molecule has 2 aliphatic rings. The highest BCUT2D eigenvalue weighted by atomic mass is 32.2. The molecule has 1 heterocycles. The molecule has 1 saturated carbocycles. The lowest BCUT2D eigenvalue weighted by molar-refractivity contribution is 0.182. The van der Waals surface area contributed by atoms with E-state index in [1.54, 1.807) is 4.31 Å². The zero-order chi connectivity index (χ0) is 12.3. The largest absolute Gasteiger partial charge is 0.330 e. The van der Waals surface area contributed by atoms with Crippen molar-refractivity contribution in [2.75, 3.05) is 45.0 Å². The van der Waals surface area contributed by atoms with E-state index in [2.05, 4.69) is 4.90 Å². The molecule has 2 fully saturated rings. The van der Waals surface area contributed by atoms with E-state index in [1.807, 2.05) is 0 Å². The standard InChI is InChI=1S/C11H23N3O2S/c12-4-1-9-17(15,16)14-7-5-13(6-8-14)10-11-2-3-11/h11H,1-10,12H2. The van der Waals surface area contributed by atoms with E-state index in [1.165, 1.54) is 12.8 Å². The highest BCUT2D eigenvalue weighted by Gasteiger charge is 2.29. The number of hydrogen-bond donors (Lipinski definition) is 1. The molecule has 0 aromatic heterocycles. The van der Waals surface area contributed by atoms with Gasteiger partial charge >= 0.3 is 0 Å². The highest BCUT2D eigenvalue weighted by molar-refractivity contribution is 7.89. The average molecular weight is 261 g/mol. The molecule has 0 amide bonds. The van der Waals surface area contributed by atoms with Crippen LogP contribution in [0.4, 0.5) is 0 Å². The Bertz CT molecular complexity index is 333. The van der Waals surface area contributed by atoms with Gasteiger partial charge in [0.25, 0.3) is 0 Å². The Labute approximate surface area is 104 Å². The van der Waals surface area contributed by atoms with Gasteiger partial charge < -0.3 is 10.6 Å². The third-order valence-corrected chi connectivity index (χ3v) is 5.50. The maximum absolute atomic E-state index is 11.9. The molecule has 0 aromatic carbocycles. The maximum Gasteiger partial charge on any atom is 0.214 e. The zero-order valence-electron chi connectivity index (χ0n) is 10.3. The van der Waals surface area contributed by atoms with Gasteiger partial charge in [-0.15, -0.1) is 0 Å². The fourth-order valence-corrected chi connectivity index (χ4v) is 3.76. The van der Waals surface area contributed by atoms with Crippen molar-refractivity contribution >= 4 is 10.0 Å². The van der Waals surface area contributed by atoms with Crippen LogP contribution in [0.15, 0.2) is 0 Å². The summed E-state index contributed by atoms with van der Waals surface area (Å²) in [5, 5.41) is 0. The van der Waals surface area contributed by atoms with Gasteiger partial charge in [0.2, 0.25) is 10.0 Å². The van der Waals surface area contributed by atoms with Crippen molar-refractivity contribution < 1.29 is 8.42 Å². The van der Waals surface area contributed by atoms with E-state index in [-0.39, 0.29) is 5.75 Å². The second-order valence-corrected chi connectivity index (χ2v) is 7.19. The Morgan fingerprint density at radius 1 is 1.12 bits per heavy atom. The summed E-state index contributed by atoms with van der Waals surface area (Å²) in [5.41, 5.74) is 5.36. The van der Waals surface area contributed by atoms with Crippen LogP contribution in [0.2, 0.25) is 0 Å². The molecule has 1 saturated heterocycles. The summed E-state index contributed by atoms with van der Waals surface area (Å²) < 4.78 is 25.5. The second-order valence-electron chi connectivity index (χ2n) is 5.10. The van der Waals surface area contributed by atoms with E-state index in [0.29, 0.717) is 26.1 Å². The minimum atomic E-state index is -3.06. The first kappa shape index (κ1) is 13.3. The van der Waals surface area contributed by atoms with Crippen molar-refractivity contribution in [3.63, 3.8) is 0 Å². The van der Waals surface area contributed by atoms with Crippen molar-refractivity contribution in [2.45, 2.75) is 19.3 Å². The van der Waals surface area contributed by atoms with Gasteiger partial charge in [0, 0.05) is 32.7 Å². The molecule has 1 aliphatic carbocycles. The third-order valence-electron chi connectivity index (χ3n) is 3.54. The van der Waals surface area contributed by atoms with Crippen LogP contribution in [0.3, 0.4) is 0 Å². The first-order valence-corrected chi connectivity index (χ1v) is 8.13. The molecule has 0 bridgehead atoms. The summed E-state index contributed by atoms with van der Waals surface area (Å²) in [7, 11) is -3.06. The van der Waals surface area contributed by atoms with E-state index in [9.17, 15) is 8.42 Å². The van der Waals surface area contributed by atoms with Gasteiger partial charge in [-0.3, -0.25) is 0 Å². The van der Waals surface area contributed by atoms with Crippen LogP contribution in [0, 0.1) is 5.92 Å². The summed E-state index contributed by atoms with van der Waals surface area (Å²) in [4.78, 5) is 2.40. The lowest BCUT2D eigenvalue weighted by atomic mass is 10.3. The molecule has 0 atom stereocenters. The predicted octanol–water partition coefficient (Wildman–Crippen LogP) is -0.307. The summed E-state index contributed by atoms with van der Waals surface area (Å²) >= 11 is 0. The quantitative estimate of drug-likeness (QED) is 0.712. The van der Waals surface area contributed by atoms with Crippen LogP contribution in [0.1, 0.15) is 19.3 Å². The lowest BCUT2D eigenvalue weighted by Gasteiger charge is -2.34. The molecule has 0 spiro atoms. The third kappa shape index (κ3) is 3.91. The molecule has 2 rings (SSSR count). The summed E-state index contributed by atoms with van der Waals surface area (Å²) in [6.45, 7) is 4.69. The molecule has 0 radical (unpaired) electrons. The van der Waals surface area contributed by atoms with Gasteiger partial charge in [-0.1, -0.05) is 0 Å². The van der Waals surface area contributed by atoms with Crippen molar-refractivity contribution in [1.29, 1.82) is 0 Å². The Kier molecular flexibility index (Phi) is 4.41. The van der Waals surface area contributed by atoms with Crippen LogP contribution in [0.25, 0.3) is 0 Å². The molecule has 0 unspecified atom stereocenters. The molecule has 100 valence electrons. The number of nitrogens with two attached hydrogens (primary N) is 1. The van der Waals surface area contributed by atoms with Gasteiger partial charge in [0.15, 0.2) is 0 Å². The van der Waals surface area contributed by atoms with Crippen LogP contribution in [-0.4, -0.2) is 62.6 Å². The first-order chi connectivity index (χ1) is 8.12. The van der Waals surface area contributed by atoms with Crippen molar-refractivity contribution in [2.24, 2.45) is 11.7 Å². The summed E-state index contributed by atoms with van der Waals surface area (Å²) in [6.07, 6.45) is 3.27. The summed E-state index contributed by atoms with van der Waals surface area (Å²) in [5.74, 6) is 1.09. The Hall–Kier alpha value is -0.170. The number of rotatable bonds is 6. The van der Waals surface area contributed by atoms with Crippen molar-refractivity contribution in [3.8, 4) is 0 Å². The molecule has 17 heavy (non-hydrogen) atoms. The van der Waals surface area contributed by atoms with Crippen LogP contribution in [0.5, 0.6) is 0 Å². The fourth-order valence-electron chi connectivity index (χ4n) is 2.25. The van der Waals surface area contributed by atoms with E-state index < -0.39 is 10.0 Å². The SMILES string of the molecule is NCCCS(=O)(=O)N1CCN(CC2CC2)CC1. The predicted molar refractivity (Wildman–Crippen MR) is 68.2 cm³/mol. The number of sulfonamides is 1. The summed E-state index contributed by atoms with van der Waals surface area (Å²) in [6, 6.07) is 0. The van der Waals surface area contributed by atoms with Gasteiger partial charge in [-0.2, -0.15) is 4.31 Å². The van der Waals surface area contributed by atoms with Crippen LogP contribution < -0.4 is 5.73 Å². The highest BCUT2D eigenvalue weighted by Crippen LogP contribution is 2.30. The molecular formula is C11H23N3O2S. The van der Waals surface area contributed by atoms with E-state index in [0.717, 1.165) is 25.6 Å². The number of piperazine rings is 1. The normalized spacial score (nSPS) is 24.1. The van der Waals surface area contributed by atoms with Crippen molar-refractivity contribution in [3.05, 3.63) is 0 Å². The molecular weight excluding hydrogens is 238 g/mol. The topological polar surface area (TPSA) is 66.6 Å². The number of hydrogen-bond acceptors (Lipinski definition) is 4. The van der Waals surface area contributed by atoms with Crippen molar-refractivity contribution in [1.82, 2.24) is 9.21 Å². The average Bonchev–Trinajstić information content (AvgIpc) is 3.11. The van der Waals surface area contributed by atoms with Gasteiger partial charge in [0.05, 0.1) is 5.75 Å². The van der Waals surface area contributed by atoms with Gasteiger partial charge in [0.1, 0.15) is 0 Å². The van der Waals surface area contributed by atoms with Crippen LogP contribution >= 0.6 is 0 Å². The van der Waals surface area contributed by atoms with Gasteiger partial charge in [-0.25, -0.2) is 8.42 Å². The smallest absolute Gasteiger partial charge is 0.214 e. The molecule has 1 aliphatic heterocycles. The first-order valence-electron chi connectivity index (χ1n) is 6.52. The Morgan fingerprint density at radius 3 is 2.29 bits per heavy atom. The Morgan fingerprint density at radius 2 is 1.76 bits per heavy atom. The Balaban J connectivity index is 1.76. The van der Waals surface area contributed by atoms with E-state index >= 15 is 0 Å². The zero-order valence-corrected chi connectivity index (χ0v) is 11.2. The van der Waals surface area contributed by atoms with Crippen LogP contribution in [-0.2, 0) is 10.0 Å². The molecule has 2 N–H and O–H groups in total.